The van der Waals surface area contributed by atoms with Crippen LogP contribution in [0.4, 0.5) is 11.4 Å². The number of hydrogen-bond acceptors (Lipinski definition) is 2. The van der Waals surface area contributed by atoms with Gasteiger partial charge in [-0.1, -0.05) is 49.1 Å². The van der Waals surface area contributed by atoms with Gasteiger partial charge in [-0.15, -0.1) is 0 Å². The molecule has 3 heteroatoms. The number of fused-ring (bicyclic) bond motifs is 1. The van der Waals surface area contributed by atoms with E-state index in [4.69, 9.17) is 0 Å². The van der Waals surface area contributed by atoms with Crippen molar-refractivity contribution in [3.05, 3.63) is 84.5 Å². The second-order valence-electron chi connectivity index (χ2n) is 5.18. The maximum absolute atomic E-state index is 13.0. The zero-order chi connectivity index (χ0) is 15.5. The Morgan fingerprint density at radius 3 is 2.55 bits per heavy atom. The number of carbonyl (C=O) groups excluding carboxylic acids is 1. The van der Waals surface area contributed by atoms with E-state index >= 15 is 0 Å². The molecule has 2 aromatic rings. The molecular formula is C19H18N2O. The Morgan fingerprint density at radius 1 is 1.14 bits per heavy atom. The quantitative estimate of drug-likeness (QED) is 0.858. The molecule has 0 saturated carbocycles. The Balaban J connectivity index is 2.10. The van der Waals surface area contributed by atoms with Gasteiger partial charge in [-0.25, -0.2) is 0 Å². The van der Waals surface area contributed by atoms with Gasteiger partial charge in [0.2, 0.25) is 0 Å². The zero-order valence-corrected chi connectivity index (χ0v) is 12.5. The highest BCUT2D eigenvalue weighted by Gasteiger charge is 2.33. The van der Waals surface area contributed by atoms with Gasteiger partial charge < -0.3 is 5.32 Å². The van der Waals surface area contributed by atoms with Crippen molar-refractivity contribution in [3.63, 3.8) is 0 Å². The molecular weight excluding hydrogens is 272 g/mol. The number of amides is 1. The lowest BCUT2D eigenvalue weighted by Crippen LogP contribution is -2.49. The van der Waals surface area contributed by atoms with Crippen molar-refractivity contribution in [2.75, 3.05) is 10.2 Å². The Hall–Kier alpha value is -2.81. The third-order valence-electron chi connectivity index (χ3n) is 3.69. The number of nitrogens with zero attached hydrogens (tertiary/aromatic N) is 1. The summed E-state index contributed by atoms with van der Waals surface area (Å²) in [6, 6.07) is 17.2. The van der Waals surface area contributed by atoms with Crippen molar-refractivity contribution in [2.24, 2.45) is 0 Å². The molecule has 0 spiro atoms. The monoisotopic (exact) mass is 290 g/mol. The molecule has 3 nitrogen and oxygen atoms in total. The molecule has 0 bridgehead atoms. The van der Waals surface area contributed by atoms with Crippen LogP contribution in [0.1, 0.15) is 17.3 Å². The highest BCUT2D eigenvalue weighted by molar-refractivity contribution is 6.12. The number of allylic oxidation sites excluding steroid dienone is 1. The number of anilines is 2. The highest BCUT2D eigenvalue weighted by Crippen LogP contribution is 2.31. The summed E-state index contributed by atoms with van der Waals surface area (Å²) in [7, 11) is 0. The van der Waals surface area contributed by atoms with Crippen LogP contribution in [0.2, 0.25) is 0 Å². The molecule has 0 radical (unpaired) electrons. The first-order valence-electron chi connectivity index (χ1n) is 7.28. The number of hydrogen-bond donors (Lipinski definition) is 1. The summed E-state index contributed by atoms with van der Waals surface area (Å²) in [5.74, 6) is -0.0174. The minimum atomic E-state index is -0.291. The maximum Gasteiger partial charge on any atom is 0.262 e. The van der Waals surface area contributed by atoms with Gasteiger partial charge in [0.05, 0.1) is 5.56 Å². The molecule has 1 heterocycles. The zero-order valence-electron chi connectivity index (χ0n) is 12.5. The summed E-state index contributed by atoms with van der Waals surface area (Å²) in [4.78, 5) is 14.7. The minimum Gasteiger partial charge on any atom is -0.360 e. The summed E-state index contributed by atoms with van der Waals surface area (Å²) in [5.41, 5.74) is 3.21. The van der Waals surface area contributed by atoms with Gasteiger partial charge in [0.25, 0.3) is 5.91 Å². The number of benzene rings is 2. The summed E-state index contributed by atoms with van der Waals surface area (Å²) in [6.07, 6.45) is 3.56. The fourth-order valence-corrected chi connectivity index (χ4v) is 2.67. The molecule has 1 atom stereocenters. The van der Waals surface area contributed by atoms with Gasteiger partial charge in [0.1, 0.15) is 6.17 Å². The van der Waals surface area contributed by atoms with E-state index in [2.05, 4.69) is 11.9 Å². The van der Waals surface area contributed by atoms with Crippen LogP contribution in [0.25, 0.3) is 0 Å². The van der Waals surface area contributed by atoms with Crippen LogP contribution in [0, 0.1) is 0 Å². The number of nitrogens with one attached hydrogen (secondary N) is 1. The lowest BCUT2D eigenvalue weighted by Gasteiger charge is -2.38. The second-order valence-corrected chi connectivity index (χ2v) is 5.18. The van der Waals surface area contributed by atoms with Gasteiger partial charge in [0, 0.05) is 11.4 Å². The van der Waals surface area contributed by atoms with Crippen molar-refractivity contribution in [1.29, 1.82) is 0 Å². The smallest absolute Gasteiger partial charge is 0.262 e. The summed E-state index contributed by atoms with van der Waals surface area (Å²) in [5, 5.41) is 3.41. The molecule has 0 aromatic heterocycles. The lowest BCUT2D eigenvalue weighted by atomic mass is 10.0. The van der Waals surface area contributed by atoms with Crippen LogP contribution in [0.3, 0.4) is 0 Å². The van der Waals surface area contributed by atoms with Crippen LogP contribution in [-0.4, -0.2) is 12.1 Å². The Bertz CT molecular complexity index is 734. The predicted molar refractivity (Wildman–Crippen MR) is 91.1 cm³/mol. The predicted octanol–water partition coefficient (Wildman–Crippen LogP) is 4.22. The fourth-order valence-electron chi connectivity index (χ4n) is 2.67. The molecule has 1 aliphatic rings. The van der Waals surface area contributed by atoms with Gasteiger partial charge in [-0.3, -0.25) is 9.69 Å². The molecule has 1 N–H and O–H groups in total. The first-order valence-corrected chi connectivity index (χ1v) is 7.28. The summed E-state index contributed by atoms with van der Waals surface area (Å²) in [6.45, 7) is 6.05. The number of para-hydroxylation sites is 2. The number of rotatable bonds is 3. The fraction of sp³-hybridized carbons (Fsp3) is 0.105. The Labute approximate surface area is 130 Å². The maximum atomic E-state index is 13.0. The average Bonchev–Trinajstić information content (AvgIpc) is 2.56. The van der Waals surface area contributed by atoms with Crippen LogP contribution >= 0.6 is 0 Å². The molecule has 1 amide bonds. The molecule has 0 aliphatic carbocycles. The first kappa shape index (κ1) is 14.1. The van der Waals surface area contributed by atoms with E-state index in [9.17, 15) is 4.79 Å². The lowest BCUT2D eigenvalue weighted by molar-refractivity contribution is 0.0979. The van der Waals surface area contributed by atoms with E-state index in [-0.39, 0.29) is 12.1 Å². The Morgan fingerprint density at radius 2 is 1.82 bits per heavy atom. The van der Waals surface area contributed by atoms with E-state index in [0.717, 1.165) is 16.9 Å². The van der Waals surface area contributed by atoms with E-state index in [1.165, 1.54) is 0 Å². The van der Waals surface area contributed by atoms with Crippen LogP contribution < -0.4 is 10.2 Å². The van der Waals surface area contributed by atoms with E-state index in [1.54, 1.807) is 4.90 Å². The first-order chi connectivity index (χ1) is 10.7. The topological polar surface area (TPSA) is 32.3 Å². The molecule has 22 heavy (non-hydrogen) atoms. The van der Waals surface area contributed by atoms with Crippen LogP contribution in [0.5, 0.6) is 0 Å². The van der Waals surface area contributed by atoms with Crippen molar-refractivity contribution < 1.29 is 4.79 Å². The molecule has 2 aromatic carbocycles. The molecule has 110 valence electrons. The van der Waals surface area contributed by atoms with Gasteiger partial charge in [0.15, 0.2) is 0 Å². The Kier molecular flexibility index (Phi) is 3.79. The largest absolute Gasteiger partial charge is 0.360 e. The molecule has 0 saturated heterocycles. The normalized spacial score (nSPS) is 17.2. The third kappa shape index (κ3) is 2.42. The SMILES string of the molecule is C=C(/C=C\C)C1Nc2ccccc2C(=O)N1c1ccccc1. The van der Waals surface area contributed by atoms with Crippen LogP contribution in [0.15, 0.2) is 78.9 Å². The second kappa shape index (κ2) is 5.90. The summed E-state index contributed by atoms with van der Waals surface area (Å²) < 4.78 is 0. The van der Waals surface area contributed by atoms with E-state index in [0.29, 0.717) is 5.56 Å². The number of carbonyl (C=O) groups is 1. The molecule has 3 rings (SSSR count). The molecule has 0 fully saturated rings. The van der Waals surface area contributed by atoms with Crippen molar-refractivity contribution in [2.45, 2.75) is 13.1 Å². The third-order valence-corrected chi connectivity index (χ3v) is 3.69. The van der Waals surface area contributed by atoms with E-state index in [1.807, 2.05) is 73.7 Å². The van der Waals surface area contributed by atoms with Crippen molar-refractivity contribution in [3.8, 4) is 0 Å². The molecule has 1 aliphatic heterocycles. The summed E-state index contributed by atoms with van der Waals surface area (Å²) >= 11 is 0. The van der Waals surface area contributed by atoms with Crippen molar-refractivity contribution >= 4 is 17.3 Å². The highest BCUT2D eigenvalue weighted by atomic mass is 16.2. The van der Waals surface area contributed by atoms with Crippen molar-refractivity contribution in [1.82, 2.24) is 0 Å². The van der Waals surface area contributed by atoms with Gasteiger partial charge in [-0.2, -0.15) is 0 Å². The molecule has 1 unspecified atom stereocenters. The van der Waals surface area contributed by atoms with E-state index < -0.39 is 0 Å². The van der Waals surface area contributed by atoms with Gasteiger partial charge >= 0.3 is 0 Å². The minimum absolute atomic E-state index is 0.0174. The standard InChI is InChI=1S/C19H18N2O/c1-3-9-14(2)18-20-17-13-8-7-12-16(17)19(22)21(18)15-10-5-4-6-11-15/h3-13,18,20H,2H2,1H3/b9-3-. The van der Waals surface area contributed by atoms with Gasteiger partial charge in [-0.05, 0) is 36.8 Å². The average molecular weight is 290 g/mol. The van der Waals surface area contributed by atoms with Crippen LogP contribution in [-0.2, 0) is 0 Å².